The Morgan fingerprint density at radius 2 is 2.21 bits per heavy atom. The number of hydrogen-bond acceptors (Lipinski definition) is 6. The molecule has 0 aromatic carbocycles. The van der Waals surface area contributed by atoms with Crippen molar-refractivity contribution in [3.8, 4) is 0 Å². The Balaban J connectivity index is 1.56. The minimum Gasteiger partial charge on any atom is -0.376 e. The second-order valence-electron chi connectivity index (χ2n) is 7.49. The lowest BCUT2D eigenvalue weighted by Crippen LogP contribution is -2.29. The van der Waals surface area contributed by atoms with E-state index in [0.29, 0.717) is 6.54 Å². The molecule has 1 atom stereocenters. The molecule has 1 saturated heterocycles. The number of thioether (sulfide) groups is 1. The maximum atomic E-state index is 13.5. The number of thiophene rings is 1. The quantitative estimate of drug-likeness (QED) is 0.463. The van der Waals surface area contributed by atoms with Gasteiger partial charge in [-0.1, -0.05) is 17.8 Å². The fraction of sp³-hybridized carbons (Fsp3) is 0.476. The fourth-order valence-corrected chi connectivity index (χ4v) is 6.36. The van der Waals surface area contributed by atoms with Crippen LogP contribution in [0.15, 0.2) is 34.5 Å². The van der Waals surface area contributed by atoms with E-state index in [1.54, 1.807) is 29.3 Å². The van der Waals surface area contributed by atoms with E-state index in [1.165, 1.54) is 23.3 Å². The van der Waals surface area contributed by atoms with Crippen molar-refractivity contribution >= 4 is 33.3 Å². The molecule has 3 aromatic heterocycles. The lowest BCUT2D eigenvalue weighted by Gasteiger charge is -2.16. The van der Waals surface area contributed by atoms with Gasteiger partial charge in [-0.15, -0.1) is 11.3 Å². The lowest BCUT2D eigenvalue weighted by atomic mass is 9.97. The van der Waals surface area contributed by atoms with Crippen molar-refractivity contribution in [2.24, 2.45) is 0 Å². The Kier molecular flexibility index (Phi) is 5.22. The molecular weight excluding hydrogens is 390 g/mol. The number of fused-ring (bicyclic) bond motifs is 3. The molecule has 4 heterocycles. The first-order valence-corrected chi connectivity index (χ1v) is 11.8. The van der Waals surface area contributed by atoms with E-state index in [0.717, 1.165) is 59.0 Å². The van der Waals surface area contributed by atoms with Crippen LogP contribution in [0.4, 0.5) is 0 Å². The van der Waals surface area contributed by atoms with Gasteiger partial charge in [0.2, 0.25) is 0 Å². The fourth-order valence-electron chi connectivity index (χ4n) is 4.11. The van der Waals surface area contributed by atoms with Gasteiger partial charge in [0, 0.05) is 29.6 Å². The number of rotatable bonds is 5. The van der Waals surface area contributed by atoms with Crippen LogP contribution >= 0.6 is 23.1 Å². The Labute approximate surface area is 172 Å². The average Bonchev–Trinajstić information content (AvgIpc) is 3.37. The van der Waals surface area contributed by atoms with Gasteiger partial charge in [-0.05, 0) is 55.7 Å². The molecule has 2 aliphatic rings. The summed E-state index contributed by atoms with van der Waals surface area (Å²) in [6, 6.07) is 4.00. The third-order valence-corrected chi connectivity index (χ3v) is 7.77. The smallest absolute Gasteiger partial charge is 0.263 e. The van der Waals surface area contributed by atoms with Crippen LogP contribution in [0.2, 0.25) is 0 Å². The molecule has 0 N–H and O–H groups in total. The van der Waals surface area contributed by atoms with Gasteiger partial charge in [-0.2, -0.15) is 0 Å². The summed E-state index contributed by atoms with van der Waals surface area (Å²) in [5.41, 5.74) is 2.51. The normalized spacial score (nSPS) is 19.2. The van der Waals surface area contributed by atoms with Gasteiger partial charge >= 0.3 is 0 Å². The zero-order valence-electron chi connectivity index (χ0n) is 15.7. The summed E-state index contributed by atoms with van der Waals surface area (Å²) in [4.78, 5) is 25.0. The van der Waals surface area contributed by atoms with Crippen molar-refractivity contribution in [1.29, 1.82) is 0 Å². The van der Waals surface area contributed by atoms with Gasteiger partial charge in [-0.3, -0.25) is 14.3 Å². The van der Waals surface area contributed by atoms with Crippen molar-refractivity contribution in [3.05, 3.63) is 50.9 Å². The van der Waals surface area contributed by atoms with E-state index in [4.69, 9.17) is 9.72 Å². The van der Waals surface area contributed by atoms with Crippen LogP contribution < -0.4 is 5.56 Å². The highest BCUT2D eigenvalue weighted by Crippen LogP contribution is 2.35. The maximum Gasteiger partial charge on any atom is 0.263 e. The first kappa shape index (κ1) is 18.3. The summed E-state index contributed by atoms with van der Waals surface area (Å²) in [6.07, 6.45) is 10.3. The highest BCUT2D eigenvalue weighted by atomic mass is 32.2. The minimum absolute atomic E-state index is 0.115. The molecule has 146 valence electrons. The minimum atomic E-state index is 0.115. The molecule has 3 aromatic rings. The Morgan fingerprint density at radius 3 is 3.04 bits per heavy atom. The van der Waals surface area contributed by atoms with Crippen molar-refractivity contribution < 1.29 is 4.74 Å². The summed E-state index contributed by atoms with van der Waals surface area (Å²) in [5.74, 6) is 0.752. The van der Waals surface area contributed by atoms with Crippen LogP contribution in [0.1, 0.15) is 41.7 Å². The monoisotopic (exact) mass is 413 g/mol. The largest absolute Gasteiger partial charge is 0.376 e. The van der Waals surface area contributed by atoms with Crippen molar-refractivity contribution in [1.82, 2.24) is 14.5 Å². The van der Waals surface area contributed by atoms with E-state index in [1.807, 2.05) is 16.8 Å². The molecule has 0 spiro atoms. The standard InChI is InChI=1S/C21H23N3O2S2/c25-20-18-16-7-1-2-8-17(16)28-19(18)23-21(24(20)12-15-6-4-10-26-15)27-13-14-5-3-9-22-11-14/h3,5,9,11,15H,1-2,4,6-8,10,12-13H2/t15-/m1/s1. The number of hydrogen-bond donors (Lipinski definition) is 0. The molecule has 1 aliphatic carbocycles. The summed E-state index contributed by atoms with van der Waals surface area (Å²) in [5, 5.41) is 1.67. The van der Waals surface area contributed by atoms with Crippen molar-refractivity contribution in [2.75, 3.05) is 6.61 Å². The molecular formula is C21H23N3O2S2. The van der Waals surface area contributed by atoms with Crippen molar-refractivity contribution in [3.63, 3.8) is 0 Å². The first-order valence-electron chi connectivity index (χ1n) is 9.98. The molecule has 5 nitrogen and oxygen atoms in total. The molecule has 0 amide bonds. The summed E-state index contributed by atoms with van der Waals surface area (Å²) in [7, 11) is 0. The van der Waals surface area contributed by atoms with E-state index in [9.17, 15) is 4.79 Å². The maximum absolute atomic E-state index is 13.5. The van der Waals surface area contributed by atoms with Crippen LogP contribution in [-0.4, -0.2) is 27.2 Å². The molecule has 0 unspecified atom stereocenters. The van der Waals surface area contributed by atoms with Gasteiger partial charge in [0.05, 0.1) is 18.0 Å². The topological polar surface area (TPSA) is 57.0 Å². The molecule has 0 bridgehead atoms. The molecule has 0 radical (unpaired) electrons. The molecule has 5 rings (SSSR count). The highest BCUT2D eigenvalue weighted by molar-refractivity contribution is 7.98. The van der Waals surface area contributed by atoms with Crippen LogP contribution in [0.25, 0.3) is 10.2 Å². The summed E-state index contributed by atoms with van der Waals surface area (Å²) >= 11 is 3.34. The van der Waals surface area contributed by atoms with E-state index >= 15 is 0 Å². The number of pyridine rings is 1. The van der Waals surface area contributed by atoms with Crippen LogP contribution in [0.5, 0.6) is 0 Å². The number of aryl methyl sites for hydroxylation is 2. The van der Waals surface area contributed by atoms with Gasteiger partial charge in [0.1, 0.15) is 4.83 Å². The second-order valence-corrected chi connectivity index (χ2v) is 9.51. The number of ether oxygens (including phenoxy) is 1. The van der Waals surface area contributed by atoms with Crippen LogP contribution in [-0.2, 0) is 29.9 Å². The van der Waals surface area contributed by atoms with E-state index < -0.39 is 0 Å². The Bertz CT molecular complexity index is 1040. The van der Waals surface area contributed by atoms with Gasteiger partial charge in [0.25, 0.3) is 5.56 Å². The molecule has 1 fully saturated rings. The van der Waals surface area contributed by atoms with Crippen molar-refractivity contribution in [2.45, 2.75) is 62.1 Å². The third-order valence-electron chi connectivity index (χ3n) is 5.54. The predicted molar refractivity (Wildman–Crippen MR) is 113 cm³/mol. The molecule has 1 aliphatic heterocycles. The number of nitrogens with zero attached hydrogens (tertiary/aromatic N) is 3. The molecule has 0 saturated carbocycles. The predicted octanol–water partition coefficient (Wildman–Crippen LogP) is 4.20. The SMILES string of the molecule is O=c1c2c3c(sc2nc(SCc2cccnc2)n1C[C@H]1CCCO1)CCCC3. The van der Waals surface area contributed by atoms with Gasteiger partial charge in [-0.25, -0.2) is 4.98 Å². The number of aromatic nitrogens is 3. The summed E-state index contributed by atoms with van der Waals surface area (Å²) in [6.45, 7) is 1.39. The van der Waals surface area contributed by atoms with E-state index in [2.05, 4.69) is 11.1 Å². The zero-order valence-corrected chi connectivity index (χ0v) is 17.4. The van der Waals surface area contributed by atoms with Gasteiger partial charge < -0.3 is 4.74 Å². The molecule has 28 heavy (non-hydrogen) atoms. The van der Waals surface area contributed by atoms with Crippen LogP contribution in [0, 0.1) is 0 Å². The van der Waals surface area contributed by atoms with E-state index in [-0.39, 0.29) is 11.7 Å². The Hall–Kier alpha value is -1.70. The average molecular weight is 414 g/mol. The van der Waals surface area contributed by atoms with Crippen LogP contribution in [0.3, 0.4) is 0 Å². The molecule has 7 heteroatoms. The van der Waals surface area contributed by atoms with Gasteiger partial charge in [0.15, 0.2) is 5.16 Å². The summed E-state index contributed by atoms with van der Waals surface area (Å²) < 4.78 is 7.71. The third kappa shape index (κ3) is 3.51. The Morgan fingerprint density at radius 1 is 1.29 bits per heavy atom. The lowest BCUT2D eigenvalue weighted by molar-refractivity contribution is 0.0937. The zero-order chi connectivity index (χ0) is 18.9. The first-order chi connectivity index (χ1) is 13.8. The second kappa shape index (κ2) is 7.97. The highest BCUT2D eigenvalue weighted by Gasteiger charge is 2.24.